The molecule has 1 N–H and O–H groups in total. The second kappa shape index (κ2) is 6.64. The van der Waals surface area contributed by atoms with Crippen molar-refractivity contribution in [3.05, 3.63) is 35.6 Å². The van der Waals surface area contributed by atoms with Crippen LogP contribution in [-0.2, 0) is 6.42 Å². The Bertz CT molecular complexity index is 309. The zero-order chi connectivity index (χ0) is 12.0. The van der Waals surface area contributed by atoms with Gasteiger partial charge in [0.15, 0.2) is 0 Å². The highest BCUT2D eigenvalue weighted by atomic mass is 19.1. The topological polar surface area (TPSA) is 20.2 Å². The van der Waals surface area contributed by atoms with Crippen molar-refractivity contribution in [3.8, 4) is 0 Å². The van der Waals surface area contributed by atoms with E-state index in [0.717, 1.165) is 19.3 Å². The summed E-state index contributed by atoms with van der Waals surface area (Å²) in [6, 6.07) is 6.65. The smallest absolute Gasteiger partial charge is 0.126 e. The van der Waals surface area contributed by atoms with E-state index in [-0.39, 0.29) is 5.82 Å². The molecule has 1 aromatic carbocycles. The van der Waals surface area contributed by atoms with Gasteiger partial charge in [-0.1, -0.05) is 44.9 Å². The zero-order valence-electron chi connectivity index (χ0n) is 10.1. The lowest BCUT2D eigenvalue weighted by molar-refractivity contribution is 0.158. The Balaban J connectivity index is 2.34. The molecular weight excluding hydrogens is 203 g/mol. The van der Waals surface area contributed by atoms with E-state index in [1.54, 1.807) is 18.2 Å². The predicted octanol–water partition coefficient (Wildman–Crippen LogP) is 3.56. The lowest BCUT2D eigenvalue weighted by Crippen LogP contribution is -2.11. The molecule has 0 spiro atoms. The van der Waals surface area contributed by atoms with Gasteiger partial charge in [-0.05, 0) is 24.0 Å². The van der Waals surface area contributed by atoms with Gasteiger partial charge in [0.1, 0.15) is 5.82 Å². The molecule has 1 rings (SSSR count). The standard InChI is InChI=1S/C14H21FO/c1-11(2)6-5-8-13(16)10-12-7-3-4-9-14(12)15/h3-4,7,9,11,13,16H,5-6,8,10H2,1-2H3. The molecular formula is C14H21FO. The third-order valence-electron chi connectivity index (χ3n) is 2.73. The summed E-state index contributed by atoms with van der Waals surface area (Å²) in [7, 11) is 0. The summed E-state index contributed by atoms with van der Waals surface area (Å²) in [5, 5.41) is 9.77. The van der Waals surface area contributed by atoms with Crippen LogP contribution < -0.4 is 0 Å². The third kappa shape index (κ3) is 4.75. The van der Waals surface area contributed by atoms with Crippen LogP contribution in [0.1, 0.15) is 38.7 Å². The third-order valence-corrected chi connectivity index (χ3v) is 2.73. The predicted molar refractivity (Wildman–Crippen MR) is 64.8 cm³/mol. The summed E-state index contributed by atoms with van der Waals surface area (Å²) in [6.07, 6.45) is 2.88. The number of benzene rings is 1. The van der Waals surface area contributed by atoms with Gasteiger partial charge in [-0.2, -0.15) is 0 Å². The number of hydrogen-bond donors (Lipinski definition) is 1. The van der Waals surface area contributed by atoms with Gasteiger partial charge >= 0.3 is 0 Å². The molecule has 1 atom stereocenters. The molecule has 16 heavy (non-hydrogen) atoms. The summed E-state index contributed by atoms with van der Waals surface area (Å²) in [5.74, 6) is 0.450. The number of aliphatic hydroxyl groups excluding tert-OH is 1. The Hall–Kier alpha value is -0.890. The van der Waals surface area contributed by atoms with E-state index in [1.165, 1.54) is 6.07 Å². The maximum absolute atomic E-state index is 13.3. The van der Waals surface area contributed by atoms with E-state index in [4.69, 9.17) is 0 Å². The molecule has 2 heteroatoms. The van der Waals surface area contributed by atoms with E-state index in [2.05, 4.69) is 13.8 Å². The first kappa shape index (κ1) is 13.2. The van der Waals surface area contributed by atoms with Crippen LogP contribution in [0.4, 0.5) is 4.39 Å². The molecule has 0 saturated carbocycles. The molecule has 0 bridgehead atoms. The normalized spacial score (nSPS) is 13.1. The maximum atomic E-state index is 13.3. The minimum atomic E-state index is -0.421. The first-order valence-corrected chi connectivity index (χ1v) is 6.01. The molecule has 1 aromatic rings. The molecule has 0 heterocycles. The largest absolute Gasteiger partial charge is 0.393 e. The molecule has 1 unspecified atom stereocenters. The average Bonchev–Trinajstić information content (AvgIpc) is 2.21. The Labute approximate surface area is 97.3 Å². The first-order chi connectivity index (χ1) is 7.59. The zero-order valence-corrected chi connectivity index (χ0v) is 10.1. The van der Waals surface area contributed by atoms with Crippen LogP contribution >= 0.6 is 0 Å². The Morgan fingerprint density at radius 3 is 2.50 bits per heavy atom. The number of halogens is 1. The molecule has 0 aliphatic carbocycles. The summed E-state index contributed by atoms with van der Waals surface area (Å²) >= 11 is 0. The number of rotatable bonds is 6. The number of aliphatic hydroxyl groups is 1. The first-order valence-electron chi connectivity index (χ1n) is 6.01. The second-order valence-corrected chi connectivity index (χ2v) is 4.77. The fourth-order valence-corrected chi connectivity index (χ4v) is 1.78. The molecule has 0 aromatic heterocycles. The second-order valence-electron chi connectivity index (χ2n) is 4.77. The Kier molecular flexibility index (Phi) is 5.47. The Morgan fingerprint density at radius 2 is 1.88 bits per heavy atom. The van der Waals surface area contributed by atoms with Crippen molar-refractivity contribution in [2.75, 3.05) is 0 Å². The molecule has 0 saturated heterocycles. The molecule has 1 nitrogen and oxygen atoms in total. The highest BCUT2D eigenvalue weighted by Crippen LogP contribution is 2.14. The van der Waals surface area contributed by atoms with Gasteiger partial charge in [-0.15, -0.1) is 0 Å². The van der Waals surface area contributed by atoms with Crippen LogP contribution in [0, 0.1) is 11.7 Å². The minimum absolute atomic E-state index is 0.217. The summed E-state index contributed by atoms with van der Waals surface area (Å²) in [4.78, 5) is 0. The molecule has 90 valence electrons. The van der Waals surface area contributed by atoms with Gasteiger partial charge in [0, 0.05) is 6.42 Å². The monoisotopic (exact) mass is 224 g/mol. The van der Waals surface area contributed by atoms with Gasteiger partial charge in [-0.25, -0.2) is 4.39 Å². The molecule has 0 radical (unpaired) electrons. The van der Waals surface area contributed by atoms with Crippen molar-refractivity contribution < 1.29 is 9.50 Å². The molecule has 0 fully saturated rings. The van der Waals surface area contributed by atoms with Crippen molar-refractivity contribution in [3.63, 3.8) is 0 Å². The van der Waals surface area contributed by atoms with Gasteiger partial charge in [0.2, 0.25) is 0 Å². The van der Waals surface area contributed by atoms with E-state index in [9.17, 15) is 9.50 Å². The lowest BCUT2D eigenvalue weighted by atomic mass is 10.00. The van der Waals surface area contributed by atoms with E-state index in [0.29, 0.717) is 17.9 Å². The minimum Gasteiger partial charge on any atom is -0.393 e. The van der Waals surface area contributed by atoms with E-state index in [1.807, 2.05) is 0 Å². The highest BCUT2D eigenvalue weighted by molar-refractivity contribution is 5.17. The van der Waals surface area contributed by atoms with Crippen molar-refractivity contribution in [2.24, 2.45) is 5.92 Å². The highest BCUT2D eigenvalue weighted by Gasteiger charge is 2.09. The van der Waals surface area contributed by atoms with Crippen molar-refractivity contribution >= 4 is 0 Å². The van der Waals surface area contributed by atoms with E-state index >= 15 is 0 Å². The van der Waals surface area contributed by atoms with Crippen LogP contribution in [0.5, 0.6) is 0 Å². The summed E-state index contributed by atoms with van der Waals surface area (Å²) in [5.41, 5.74) is 0.611. The fraction of sp³-hybridized carbons (Fsp3) is 0.571. The van der Waals surface area contributed by atoms with Gasteiger partial charge in [0.05, 0.1) is 6.10 Å². The molecule has 0 amide bonds. The number of hydrogen-bond acceptors (Lipinski definition) is 1. The van der Waals surface area contributed by atoms with Crippen molar-refractivity contribution in [1.29, 1.82) is 0 Å². The van der Waals surface area contributed by atoms with Crippen LogP contribution in [0.15, 0.2) is 24.3 Å². The van der Waals surface area contributed by atoms with Crippen LogP contribution in [0.3, 0.4) is 0 Å². The SMILES string of the molecule is CC(C)CCCC(O)Cc1ccccc1F. The van der Waals surface area contributed by atoms with Crippen LogP contribution in [0.2, 0.25) is 0 Å². The van der Waals surface area contributed by atoms with Crippen molar-refractivity contribution in [2.45, 2.75) is 45.6 Å². The molecule has 0 aliphatic heterocycles. The van der Waals surface area contributed by atoms with Crippen molar-refractivity contribution in [1.82, 2.24) is 0 Å². The van der Waals surface area contributed by atoms with E-state index < -0.39 is 6.10 Å². The summed E-state index contributed by atoms with van der Waals surface area (Å²) in [6.45, 7) is 4.34. The maximum Gasteiger partial charge on any atom is 0.126 e. The van der Waals surface area contributed by atoms with Gasteiger partial charge < -0.3 is 5.11 Å². The fourth-order valence-electron chi connectivity index (χ4n) is 1.78. The van der Waals surface area contributed by atoms with Crippen LogP contribution in [0.25, 0.3) is 0 Å². The molecule has 0 aliphatic rings. The Morgan fingerprint density at radius 1 is 1.19 bits per heavy atom. The quantitative estimate of drug-likeness (QED) is 0.783. The van der Waals surface area contributed by atoms with Crippen LogP contribution in [-0.4, -0.2) is 11.2 Å². The summed E-state index contributed by atoms with van der Waals surface area (Å²) < 4.78 is 13.3. The van der Waals surface area contributed by atoms with Gasteiger partial charge in [0.25, 0.3) is 0 Å². The lowest BCUT2D eigenvalue weighted by Gasteiger charge is -2.12. The van der Waals surface area contributed by atoms with Gasteiger partial charge in [-0.3, -0.25) is 0 Å². The average molecular weight is 224 g/mol.